The minimum atomic E-state index is -0.774. The highest BCUT2D eigenvalue weighted by molar-refractivity contribution is 7.99. The maximum Gasteiger partial charge on any atom is 0.224 e. The van der Waals surface area contributed by atoms with Gasteiger partial charge in [-0.05, 0) is 35.9 Å². The van der Waals surface area contributed by atoms with E-state index in [0.29, 0.717) is 17.7 Å². The normalized spacial score (nSPS) is 21.8. The highest BCUT2D eigenvalue weighted by atomic mass is 32.2. The van der Waals surface area contributed by atoms with Gasteiger partial charge in [0.15, 0.2) is 0 Å². The van der Waals surface area contributed by atoms with E-state index in [9.17, 15) is 14.3 Å². The van der Waals surface area contributed by atoms with Gasteiger partial charge in [-0.15, -0.1) is 0 Å². The Morgan fingerprint density at radius 1 is 1.52 bits per heavy atom. The lowest BCUT2D eigenvalue weighted by atomic mass is 10.0. The lowest BCUT2D eigenvalue weighted by Crippen LogP contribution is -2.43. The summed E-state index contributed by atoms with van der Waals surface area (Å²) in [6.07, 6.45) is 2.66. The van der Waals surface area contributed by atoms with Crippen LogP contribution in [0.15, 0.2) is 24.4 Å². The van der Waals surface area contributed by atoms with Gasteiger partial charge in [-0.3, -0.25) is 4.79 Å². The molecule has 1 unspecified atom stereocenters. The molecule has 21 heavy (non-hydrogen) atoms. The first kappa shape index (κ1) is 14.4. The molecule has 6 heteroatoms. The quantitative estimate of drug-likeness (QED) is 0.807. The van der Waals surface area contributed by atoms with Crippen LogP contribution in [0.4, 0.5) is 4.39 Å². The predicted octanol–water partition coefficient (Wildman–Crippen LogP) is 1.83. The van der Waals surface area contributed by atoms with Crippen molar-refractivity contribution in [3.8, 4) is 0 Å². The molecule has 1 amide bonds. The highest BCUT2D eigenvalue weighted by Crippen LogP contribution is 2.27. The number of aliphatic hydroxyl groups is 1. The van der Waals surface area contributed by atoms with Crippen LogP contribution in [0.25, 0.3) is 10.9 Å². The highest BCUT2D eigenvalue weighted by Gasteiger charge is 2.31. The van der Waals surface area contributed by atoms with Crippen molar-refractivity contribution >= 4 is 28.6 Å². The Labute approximate surface area is 126 Å². The Bertz CT molecular complexity index is 665. The summed E-state index contributed by atoms with van der Waals surface area (Å²) in [4.78, 5) is 15.0. The summed E-state index contributed by atoms with van der Waals surface area (Å²) in [7, 11) is 0. The molecule has 0 radical (unpaired) electrons. The first-order valence-electron chi connectivity index (χ1n) is 6.88. The smallest absolute Gasteiger partial charge is 0.224 e. The third kappa shape index (κ3) is 3.22. The Morgan fingerprint density at radius 2 is 2.38 bits per heavy atom. The average molecular weight is 308 g/mol. The van der Waals surface area contributed by atoms with Gasteiger partial charge in [0.25, 0.3) is 0 Å². The molecule has 0 aliphatic carbocycles. The van der Waals surface area contributed by atoms with E-state index in [2.05, 4.69) is 10.3 Å². The molecule has 4 nitrogen and oxygen atoms in total. The van der Waals surface area contributed by atoms with Gasteiger partial charge in [-0.2, -0.15) is 11.8 Å². The maximum atomic E-state index is 13.1. The van der Waals surface area contributed by atoms with Gasteiger partial charge < -0.3 is 15.4 Å². The Kier molecular flexibility index (Phi) is 3.91. The van der Waals surface area contributed by atoms with Crippen molar-refractivity contribution in [2.75, 3.05) is 18.1 Å². The van der Waals surface area contributed by atoms with E-state index in [1.807, 2.05) is 0 Å². The molecular weight excluding hydrogens is 291 g/mol. The van der Waals surface area contributed by atoms with Gasteiger partial charge >= 0.3 is 0 Å². The molecule has 0 saturated carbocycles. The first-order chi connectivity index (χ1) is 10.1. The third-order valence-electron chi connectivity index (χ3n) is 3.78. The number of aromatic amines is 1. The number of nitrogens with one attached hydrogen (secondary N) is 2. The number of H-pyrrole nitrogens is 1. The number of aromatic nitrogens is 1. The molecule has 1 aliphatic heterocycles. The largest absolute Gasteiger partial charge is 0.387 e. The second-order valence-electron chi connectivity index (χ2n) is 5.48. The summed E-state index contributed by atoms with van der Waals surface area (Å²) >= 11 is 1.70. The average Bonchev–Trinajstić information content (AvgIpc) is 3.04. The lowest BCUT2D eigenvalue weighted by molar-refractivity contribution is -0.121. The third-order valence-corrected chi connectivity index (χ3v) is 5.01. The van der Waals surface area contributed by atoms with Crippen LogP contribution in [0, 0.1) is 5.82 Å². The molecule has 1 aromatic carbocycles. The molecule has 2 heterocycles. The molecule has 2 aromatic rings. The molecule has 0 spiro atoms. The van der Waals surface area contributed by atoms with E-state index in [4.69, 9.17) is 0 Å². The molecule has 112 valence electrons. The number of fused-ring (bicyclic) bond motifs is 1. The number of thioether (sulfide) groups is 1. The van der Waals surface area contributed by atoms with Gasteiger partial charge in [0, 0.05) is 29.4 Å². The van der Waals surface area contributed by atoms with Crippen molar-refractivity contribution in [2.45, 2.75) is 18.4 Å². The fourth-order valence-electron chi connectivity index (χ4n) is 2.54. The summed E-state index contributed by atoms with van der Waals surface area (Å²) in [5.41, 5.74) is 0.739. The molecule has 1 saturated heterocycles. The fourth-order valence-corrected chi connectivity index (χ4v) is 3.83. The van der Waals surface area contributed by atoms with Gasteiger partial charge in [0.05, 0.1) is 12.0 Å². The van der Waals surface area contributed by atoms with Crippen molar-refractivity contribution in [3.63, 3.8) is 0 Å². The molecule has 1 fully saturated rings. The molecular formula is C15H17FN2O2S. The number of hydrogen-bond acceptors (Lipinski definition) is 3. The van der Waals surface area contributed by atoms with Crippen molar-refractivity contribution < 1.29 is 14.3 Å². The van der Waals surface area contributed by atoms with E-state index < -0.39 is 5.60 Å². The SMILES string of the molecule is O=C(Cc1c[nH]c2cc(F)ccc12)NCC1(O)CCSC1. The van der Waals surface area contributed by atoms with Crippen LogP contribution in [-0.4, -0.2) is 39.6 Å². The maximum absolute atomic E-state index is 13.1. The van der Waals surface area contributed by atoms with Crippen molar-refractivity contribution in [1.82, 2.24) is 10.3 Å². The van der Waals surface area contributed by atoms with Crippen molar-refractivity contribution in [1.29, 1.82) is 0 Å². The monoisotopic (exact) mass is 308 g/mol. The summed E-state index contributed by atoms with van der Waals surface area (Å²) in [5.74, 6) is 1.16. The summed E-state index contributed by atoms with van der Waals surface area (Å²) < 4.78 is 13.1. The van der Waals surface area contributed by atoms with Crippen molar-refractivity contribution in [3.05, 3.63) is 35.8 Å². The van der Waals surface area contributed by atoms with E-state index in [-0.39, 0.29) is 24.7 Å². The molecule has 0 bridgehead atoms. The zero-order valence-electron chi connectivity index (χ0n) is 11.5. The summed E-state index contributed by atoms with van der Waals surface area (Å²) in [5, 5.41) is 13.8. The van der Waals surface area contributed by atoms with Crippen LogP contribution in [0.3, 0.4) is 0 Å². The number of rotatable bonds is 4. The number of carbonyl (C=O) groups is 1. The van der Waals surface area contributed by atoms with Crippen LogP contribution < -0.4 is 5.32 Å². The van der Waals surface area contributed by atoms with Gasteiger partial charge in [-0.25, -0.2) is 4.39 Å². The Morgan fingerprint density at radius 3 is 3.14 bits per heavy atom. The van der Waals surface area contributed by atoms with Crippen LogP contribution >= 0.6 is 11.8 Å². The fraction of sp³-hybridized carbons (Fsp3) is 0.400. The van der Waals surface area contributed by atoms with Gasteiger partial charge in [0.2, 0.25) is 5.91 Å². The first-order valence-corrected chi connectivity index (χ1v) is 8.04. The minimum Gasteiger partial charge on any atom is -0.387 e. The van der Waals surface area contributed by atoms with Crippen LogP contribution in [0.1, 0.15) is 12.0 Å². The van der Waals surface area contributed by atoms with Crippen LogP contribution in [-0.2, 0) is 11.2 Å². The predicted molar refractivity (Wildman–Crippen MR) is 81.9 cm³/mol. The van der Waals surface area contributed by atoms with Crippen LogP contribution in [0.5, 0.6) is 0 Å². The number of halogens is 1. The number of hydrogen-bond donors (Lipinski definition) is 3. The zero-order valence-corrected chi connectivity index (χ0v) is 12.3. The molecule has 3 N–H and O–H groups in total. The summed E-state index contributed by atoms with van der Waals surface area (Å²) in [6, 6.07) is 4.47. The van der Waals surface area contributed by atoms with Crippen LogP contribution in [0.2, 0.25) is 0 Å². The minimum absolute atomic E-state index is 0.134. The molecule has 1 atom stereocenters. The standard InChI is InChI=1S/C15H17FN2O2S/c16-11-1-2-12-10(7-17-13(12)6-11)5-14(19)18-8-15(20)3-4-21-9-15/h1-2,6-7,17,20H,3-5,8-9H2,(H,18,19). The van der Waals surface area contributed by atoms with Gasteiger partial charge in [-0.1, -0.05) is 0 Å². The van der Waals surface area contributed by atoms with E-state index in [1.54, 1.807) is 24.0 Å². The second-order valence-corrected chi connectivity index (χ2v) is 6.59. The second kappa shape index (κ2) is 5.69. The number of carbonyl (C=O) groups excluding carboxylic acids is 1. The number of benzene rings is 1. The topological polar surface area (TPSA) is 65.1 Å². The van der Waals surface area contributed by atoms with E-state index in [0.717, 1.165) is 16.7 Å². The Hall–Kier alpha value is -1.53. The van der Waals surface area contributed by atoms with E-state index in [1.165, 1.54) is 12.1 Å². The Balaban J connectivity index is 1.63. The number of amides is 1. The lowest BCUT2D eigenvalue weighted by Gasteiger charge is -2.21. The van der Waals surface area contributed by atoms with Crippen molar-refractivity contribution in [2.24, 2.45) is 0 Å². The molecule has 1 aromatic heterocycles. The molecule has 1 aliphatic rings. The molecule has 3 rings (SSSR count). The summed E-state index contributed by atoms with van der Waals surface area (Å²) in [6.45, 7) is 0.288. The van der Waals surface area contributed by atoms with Gasteiger partial charge in [0.1, 0.15) is 5.82 Å². The van der Waals surface area contributed by atoms with E-state index >= 15 is 0 Å². The zero-order chi connectivity index (χ0) is 14.9.